The van der Waals surface area contributed by atoms with Gasteiger partial charge in [0.2, 0.25) is 0 Å². The Hall–Kier alpha value is -3.47. The molecule has 33 heavy (non-hydrogen) atoms. The third-order valence-electron chi connectivity index (χ3n) is 6.87. The van der Waals surface area contributed by atoms with Crippen molar-refractivity contribution >= 4 is 38.2 Å². The molecule has 1 aliphatic heterocycles. The minimum atomic E-state index is -0.479. The maximum absolute atomic E-state index is 12.8. The maximum atomic E-state index is 12.8. The van der Waals surface area contributed by atoms with Crippen LogP contribution >= 0.6 is 0 Å². The minimum absolute atomic E-state index is 0.00766. The van der Waals surface area contributed by atoms with Crippen molar-refractivity contribution in [2.45, 2.75) is 25.1 Å². The second-order valence-corrected chi connectivity index (χ2v) is 9.15. The molecule has 5 aromatic rings. The van der Waals surface area contributed by atoms with Gasteiger partial charge in [0.1, 0.15) is 0 Å². The summed E-state index contributed by atoms with van der Waals surface area (Å²) in [7, 11) is 3.58. The summed E-state index contributed by atoms with van der Waals surface area (Å²) >= 11 is 0. The Balaban J connectivity index is 1.50. The Morgan fingerprint density at radius 3 is 2.24 bits per heavy atom. The van der Waals surface area contributed by atoms with Crippen LogP contribution in [0.3, 0.4) is 0 Å². The molecule has 0 aromatic heterocycles. The summed E-state index contributed by atoms with van der Waals surface area (Å²) in [5.74, 6) is 0.00766. The lowest BCUT2D eigenvalue weighted by atomic mass is 9.88. The van der Waals surface area contributed by atoms with Gasteiger partial charge >= 0.3 is 0 Å². The summed E-state index contributed by atoms with van der Waals surface area (Å²) in [4.78, 5) is 20.7. The second kappa shape index (κ2) is 7.84. The van der Waals surface area contributed by atoms with E-state index in [1.165, 1.54) is 37.9 Å². The molecule has 1 saturated heterocycles. The number of amides is 1. The zero-order chi connectivity index (χ0) is 22.5. The van der Waals surface area contributed by atoms with Gasteiger partial charge in [-0.25, -0.2) is 0 Å². The number of hydrogen-bond acceptors (Lipinski definition) is 3. The topological polar surface area (TPSA) is 32.8 Å². The van der Waals surface area contributed by atoms with Crippen LogP contribution in [0.1, 0.15) is 23.6 Å². The maximum Gasteiger partial charge on any atom is 0.253 e. The van der Waals surface area contributed by atoms with Crippen molar-refractivity contribution < 1.29 is 9.63 Å². The van der Waals surface area contributed by atoms with E-state index in [2.05, 4.69) is 66.7 Å². The van der Waals surface area contributed by atoms with Crippen molar-refractivity contribution in [1.82, 2.24) is 9.96 Å². The average molecular weight is 435 g/mol. The third kappa shape index (κ3) is 3.34. The van der Waals surface area contributed by atoms with E-state index in [-0.39, 0.29) is 11.9 Å². The van der Waals surface area contributed by atoms with Gasteiger partial charge in [-0.3, -0.25) is 9.63 Å². The average Bonchev–Trinajstić information content (AvgIpc) is 3.25. The van der Waals surface area contributed by atoms with Crippen molar-refractivity contribution in [1.29, 1.82) is 0 Å². The van der Waals surface area contributed by atoms with Gasteiger partial charge in [0, 0.05) is 27.1 Å². The predicted molar refractivity (Wildman–Crippen MR) is 133 cm³/mol. The van der Waals surface area contributed by atoms with E-state index < -0.39 is 6.10 Å². The van der Waals surface area contributed by atoms with Gasteiger partial charge in [0.15, 0.2) is 6.10 Å². The molecule has 2 atom stereocenters. The quantitative estimate of drug-likeness (QED) is 0.329. The van der Waals surface area contributed by atoms with Gasteiger partial charge in [-0.15, -0.1) is 0 Å². The molecule has 6 rings (SSSR count). The molecule has 1 aliphatic rings. The van der Waals surface area contributed by atoms with E-state index in [1.807, 2.05) is 23.3 Å². The highest BCUT2D eigenvalue weighted by Gasteiger charge is 2.39. The largest absolute Gasteiger partial charge is 0.346 e. The second-order valence-electron chi connectivity index (χ2n) is 9.15. The fourth-order valence-electron chi connectivity index (χ4n) is 5.28. The molecular weight excluding hydrogens is 408 g/mol. The van der Waals surface area contributed by atoms with Gasteiger partial charge in [-0.1, -0.05) is 84.9 Å². The molecule has 0 N–H and O–H groups in total. The van der Waals surface area contributed by atoms with Crippen molar-refractivity contribution in [2.75, 3.05) is 14.1 Å². The fourth-order valence-corrected chi connectivity index (χ4v) is 5.28. The molecule has 0 aliphatic carbocycles. The van der Waals surface area contributed by atoms with Crippen molar-refractivity contribution in [3.05, 3.63) is 96.1 Å². The molecule has 0 radical (unpaired) electrons. The lowest BCUT2D eigenvalue weighted by molar-refractivity contribution is -0.184. The Labute approximate surface area is 193 Å². The van der Waals surface area contributed by atoms with Crippen LogP contribution in [0.15, 0.2) is 84.9 Å². The highest BCUT2D eigenvalue weighted by atomic mass is 16.7. The van der Waals surface area contributed by atoms with Gasteiger partial charge < -0.3 is 4.90 Å². The van der Waals surface area contributed by atoms with E-state index in [0.717, 1.165) is 5.56 Å². The SMILES string of the molecule is CN(C)C(=O)[C@H]1C[C@H](c2ccc3ccc4cccc5ccc2c3c45)N(Cc2ccccc2)O1. The predicted octanol–water partition coefficient (Wildman–Crippen LogP) is 5.92. The zero-order valence-corrected chi connectivity index (χ0v) is 18.9. The van der Waals surface area contributed by atoms with Gasteiger partial charge in [0.25, 0.3) is 5.91 Å². The van der Waals surface area contributed by atoms with Crippen LogP contribution in [0.4, 0.5) is 0 Å². The molecule has 0 spiro atoms. The first-order valence-corrected chi connectivity index (χ1v) is 11.4. The number of hydrogen-bond donors (Lipinski definition) is 0. The molecule has 1 fully saturated rings. The van der Waals surface area contributed by atoms with E-state index in [0.29, 0.717) is 13.0 Å². The third-order valence-corrected chi connectivity index (χ3v) is 6.87. The molecule has 164 valence electrons. The van der Waals surface area contributed by atoms with Crippen molar-refractivity contribution in [2.24, 2.45) is 0 Å². The number of carbonyl (C=O) groups excluding carboxylic acids is 1. The van der Waals surface area contributed by atoms with E-state index in [4.69, 9.17) is 4.84 Å². The highest BCUT2D eigenvalue weighted by molar-refractivity contribution is 6.23. The van der Waals surface area contributed by atoms with E-state index in [1.54, 1.807) is 19.0 Å². The van der Waals surface area contributed by atoms with Crippen molar-refractivity contribution in [3.8, 4) is 0 Å². The summed E-state index contributed by atoms with van der Waals surface area (Å²) in [6, 6.07) is 30.1. The van der Waals surface area contributed by atoms with Crippen LogP contribution in [-0.2, 0) is 16.2 Å². The Morgan fingerprint density at radius 2 is 1.52 bits per heavy atom. The fraction of sp³-hybridized carbons (Fsp3) is 0.207. The van der Waals surface area contributed by atoms with Crippen LogP contribution < -0.4 is 0 Å². The number of rotatable bonds is 4. The molecule has 0 unspecified atom stereocenters. The van der Waals surface area contributed by atoms with Crippen molar-refractivity contribution in [3.63, 3.8) is 0 Å². The highest BCUT2D eigenvalue weighted by Crippen LogP contribution is 2.43. The first-order chi connectivity index (χ1) is 16.1. The van der Waals surface area contributed by atoms with Gasteiger partial charge in [0.05, 0.1) is 6.04 Å². The summed E-state index contributed by atoms with van der Waals surface area (Å²) in [5.41, 5.74) is 2.38. The Kier molecular flexibility index (Phi) is 4.79. The molecule has 5 aromatic carbocycles. The van der Waals surface area contributed by atoms with Crippen LogP contribution in [0.2, 0.25) is 0 Å². The number of nitrogens with zero attached hydrogens (tertiary/aromatic N) is 2. The minimum Gasteiger partial charge on any atom is -0.346 e. The Morgan fingerprint density at radius 1 is 0.848 bits per heavy atom. The molecular formula is C29H26N2O2. The normalized spacial score (nSPS) is 19.1. The number of carbonyl (C=O) groups is 1. The molecule has 4 heteroatoms. The monoisotopic (exact) mass is 434 g/mol. The number of benzene rings is 5. The van der Waals surface area contributed by atoms with Gasteiger partial charge in [-0.05, 0) is 43.4 Å². The first kappa shape index (κ1) is 20.2. The lowest BCUT2D eigenvalue weighted by Crippen LogP contribution is -2.34. The van der Waals surface area contributed by atoms with Gasteiger partial charge in [-0.2, -0.15) is 5.06 Å². The molecule has 1 amide bonds. The molecule has 4 nitrogen and oxygen atoms in total. The van der Waals surface area contributed by atoms with Crippen LogP contribution in [0, 0.1) is 0 Å². The number of hydroxylamine groups is 2. The summed E-state index contributed by atoms with van der Waals surface area (Å²) in [6.45, 7) is 0.630. The summed E-state index contributed by atoms with van der Waals surface area (Å²) in [5, 5.41) is 9.61. The first-order valence-electron chi connectivity index (χ1n) is 11.4. The molecule has 1 heterocycles. The van der Waals surface area contributed by atoms with E-state index in [9.17, 15) is 4.79 Å². The summed E-state index contributed by atoms with van der Waals surface area (Å²) in [6.07, 6.45) is 0.153. The molecule has 0 saturated carbocycles. The standard InChI is InChI=1S/C29H26N2O2/c1-30(2)29(32)26-17-25(31(33-26)18-19-7-4-3-5-8-19)23-15-13-22-12-11-20-9-6-10-21-14-16-24(23)28(22)27(20)21/h3-16,25-26H,17-18H2,1-2H3/t25-,26-/m1/s1. The smallest absolute Gasteiger partial charge is 0.253 e. The molecule has 0 bridgehead atoms. The Bertz CT molecular complexity index is 1450. The van der Waals surface area contributed by atoms with Crippen LogP contribution in [0.5, 0.6) is 0 Å². The zero-order valence-electron chi connectivity index (χ0n) is 18.9. The van der Waals surface area contributed by atoms with E-state index >= 15 is 0 Å². The number of likely N-dealkylation sites (N-methyl/N-ethyl adjacent to an activating group) is 1. The van der Waals surface area contributed by atoms with Crippen LogP contribution in [0.25, 0.3) is 32.3 Å². The van der Waals surface area contributed by atoms with Crippen LogP contribution in [-0.4, -0.2) is 36.1 Å². The lowest BCUT2D eigenvalue weighted by Gasteiger charge is -2.25. The summed E-state index contributed by atoms with van der Waals surface area (Å²) < 4.78 is 0.